The van der Waals surface area contributed by atoms with Crippen molar-refractivity contribution in [3.63, 3.8) is 0 Å². The molecule has 2 N–H and O–H groups in total. The van der Waals surface area contributed by atoms with Gasteiger partial charge in [-0.05, 0) is 37.1 Å². The zero-order chi connectivity index (χ0) is 22.8. The summed E-state index contributed by atoms with van der Waals surface area (Å²) in [6.45, 7) is 0.403. The smallest absolute Gasteiger partial charge is 0.256 e. The Balaban J connectivity index is 1.33. The number of ether oxygens (including phenoxy) is 2. The van der Waals surface area contributed by atoms with Gasteiger partial charge in [0, 0.05) is 29.9 Å². The van der Waals surface area contributed by atoms with Crippen molar-refractivity contribution in [2.24, 2.45) is 5.92 Å². The minimum absolute atomic E-state index is 0.0991. The Morgan fingerprint density at radius 2 is 2.00 bits per heavy atom. The Labute approximate surface area is 190 Å². The number of fused-ring (bicyclic) bond motifs is 1. The fourth-order valence-corrected chi connectivity index (χ4v) is 3.42. The van der Waals surface area contributed by atoms with Gasteiger partial charge in [-0.15, -0.1) is 5.10 Å². The van der Waals surface area contributed by atoms with E-state index in [1.165, 1.54) is 0 Å². The molecule has 4 aromatic heterocycles. The molecule has 1 aliphatic carbocycles. The molecule has 1 aliphatic rings. The van der Waals surface area contributed by atoms with Gasteiger partial charge in [-0.2, -0.15) is 0 Å². The average molecular weight is 445 g/mol. The van der Waals surface area contributed by atoms with Crippen LogP contribution in [0.2, 0.25) is 0 Å². The molecule has 10 heteroatoms. The monoisotopic (exact) mass is 445 g/mol. The molecule has 4 heterocycles. The van der Waals surface area contributed by atoms with Gasteiger partial charge in [-0.25, -0.2) is 19.5 Å². The first kappa shape index (κ1) is 20.7. The number of amides is 1. The van der Waals surface area contributed by atoms with E-state index in [2.05, 4.69) is 30.7 Å². The van der Waals surface area contributed by atoms with Gasteiger partial charge in [0.1, 0.15) is 5.82 Å². The number of nitrogens with zero attached hydrogens (tertiary/aromatic N) is 5. The van der Waals surface area contributed by atoms with Crippen molar-refractivity contribution in [1.82, 2.24) is 29.9 Å². The zero-order valence-electron chi connectivity index (χ0n) is 18.3. The summed E-state index contributed by atoms with van der Waals surface area (Å²) in [6, 6.07) is 11.1. The lowest BCUT2D eigenvalue weighted by Crippen LogP contribution is -2.24. The highest BCUT2D eigenvalue weighted by Crippen LogP contribution is 2.30. The first-order valence-electron chi connectivity index (χ1n) is 10.6. The molecule has 1 saturated carbocycles. The second-order valence-corrected chi connectivity index (χ2v) is 7.71. The molecular formula is C23H23N7O3. The van der Waals surface area contributed by atoms with Gasteiger partial charge in [0.25, 0.3) is 5.88 Å². The summed E-state index contributed by atoms with van der Waals surface area (Å²) in [7, 11) is 3.11. The van der Waals surface area contributed by atoms with Crippen LogP contribution in [0.4, 0.5) is 11.6 Å². The Morgan fingerprint density at radius 3 is 2.79 bits per heavy atom. The summed E-state index contributed by atoms with van der Waals surface area (Å²) in [5, 5.41) is 10.6. The van der Waals surface area contributed by atoms with E-state index in [4.69, 9.17) is 9.47 Å². The number of hydrogen-bond donors (Lipinski definition) is 2. The highest BCUT2D eigenvalue weighted by molar-refractivity contribution is 5.80. The molecule has 5 rings (SSSR count). The lowest BCUT2D eigenvalue weighted by molar-refractivity contribution is -0.122. The molecule has 1 amide bonds. The van der Waals surface area contributed by atoms with Crippen LogP contribution >= 0.6 is 0 Å². The molecule has 0 saturated heterocycles. The number of hydrogen-bond acceptors (Lipinski definition) is 8. The number of methoxy groups -OCH3 is 2. The third kappa shape index (κ3) is 4.54. The largest absolute Gasteiger partial charge is 0.491 e. The summed E-state index contributed by atoms with van der Waals surface area (Å²) >= 11 is 0. The number of rotatable bonds is 8. The summed E-state index contributed by atoms with van der Waals surface area (Å²) in [5.41, 5.74) is 2.97. The summed E-state index contributed by atoms with van der Waals surface area (Å²) in [6.07, 6.45) is 5.48. The summed E-state index contributed by atoms with van der Waals surface area (Å²) in [4.78, 5) is 25.4. The van der Waals surface area contributed by atoms with Gasteiger partial charge in [0.05, 0.1) is 32.2 Å². The maximum absolute atomic E-state index is 11.9. The van der Waals surface area contributed by atoms with Crippen molar-refractivity contribution in [3.05, 3.63) is 54.5 Å². The molecule has 0 aliphatic heterocycles. The lowest BCUT2D eigenvalue weighted by Gasteiger charge is -2.08. The van der Waals surface area contributed by atoms with E-state index in [0.29, 0.717) is 35.5 Å². The van der Waals surface area contributed by atoms with Crippen molar-refractivity contribution in [2.75, 3.05) is 19.5 Å². The summed E-state index contributed by atoms with van der Waals surface area (Å²) in [5.74, 6) is 2.47. The topological polar surface area (TPSA) is 116 Å². The Morgan fingerprint density at radius 1 is 1.12 bits per heavy atom. The number of carbonyl (C=O) groups is 1. The Bertz CT molecular complexity index is 1320. The fraction of sp³-hybridized carbons (Fsp3) is 0.261. The van der Waals surface area contributed by atoms with Gasteiger partial charge in [0.15, 0.2) is 17.2 Å². The normalized spacial score (nSPS) is 13.0. The van der Waals surface area contributed by atoms with Crippen LogP contribution < -0.4 is 20.1 Å². The molecule has 0 bridgehead atoms. The van der Waals surface area contributed by atoms with E-state index < -0.39 is 0 Å². The molecule has 1 fully saturated rings. The van der Waals surface area contributed by atoms with E-state index in [-0.39, 0.29) is 11.8 Å². The molecular weight excluding hydrogens is 422 g/mol. The molecule has 10 nitrogen and oxygen atoms in total. The molecule has 0 atom stereocenters. The number of aromatic nitrogens is 5. The molecule has 168 valence electrons. The minimum atomic E-state index is 0.0991. The highest BCUT2D eigenvalue weighted by atomic mass is 16.5. The Hall–Kier alpha value is -4.21. The SMILES string of the molecule is COc1cc(-c2ccn3nc(Nc4cccc(CNC(=O)C5CC5)n4)cc3n2)cnc1OC. The first-order chi connectivity index (χ1) is 16.1. The van der Waals surface area contributed by atoms with E-state index >= 15 is 0 Å². The van der Waals surface area contributed by atoms with Crippen LogP contribution in [-0.2, 0) is 11.3 Å². The van der Waals surface area contributed by atoms with E-state index in [1.54, 1.807) is 24.9 Å². The molecule has 0 aromatic carbocycles. The zero-order valence-corrected chi connectivity index (χ0v) is 18.3. The number of nitrogens with one attached hydrogen (secondary N) is 2. The maximum Gasteiger partial charge on any atom is 0.256 e. The van der Waals surface area contributed by atoms with E-state index in [0.717, 1.165) is 29.8 Å². The van der Waals surface area contributed by atoms with Gasteiger partial charge in [-0.3, -0.25) is 4.79 Å². The third-order valence-corrected chi connectivity index (χ3v) is 5.31. The summed E-state index contributed by atoms with van der Waals surface area (Å²) < 4.78 is 12.2. The Kier molecular flexibility index (Phi) is 5.47. The van der Waals surface area contributed by atoms with Crippen molar-refractivity contribution >= 4 is 23.2 Å². The van der Waals surface area contributed by atoms with Crippen LogP contribution in [0.15, 0.2) is 48.8 Å². The van der Waals surface area contributed by atoms with Crippen LogP contribution in [0, 0.1) is 5.92 Å². The molecule has 0 unspecified atom stereocenters. The van der Waals surface area contributed by atoms with Crippen LogP contribution in [0.1, 0.15) is 18.5 Å². The highest BCUT2D eigenvalue weighted by Gasteiger charge is 2.29. The van der Waals surface area contributed by atoms with Crippen LogP contribution in [0.3, 0.4) is 0 Å². The number of carbonyl (C=O) groups excluding carboxylic acids is 1. The molecule has 33 heavy (non-hydrogen) atoms. The molecule has 0 radical (unpaired) electrons. The quantitative estimate of drug-likeness (QED) is 0.425. The number of pyridine rings is 2. The lowest BCUT2D eigenvalue weighted by atomic mass is 10.2. The predicted octanol–water partition coefficient (Wildman–Crippen LogP) is 2.97. The number of anilines is 2. The van der Waals surface area contributed by atoms with Crippen LogP contribution in [0.5, 0.6) is 11.6 Å². The van der Waals surface area contributed by atoms with Crippen molar-refractivity contribution < 1.29 is 14.3 Å². The predicted molar refractivity (Wildman–Crippen MR) is 121 cm³/mol. The van der Waals surface area contributed by atoms with Gasteiger partial charge in [-0.1, -0.05) is 6.07 Å². The van der Waals surface area contributed by atoms with Crippen LogP contribution in [0.25, 0.3) is 16.9 Å². The standard InChI is InChI=1S/C23H23N7O3/c1-32-18-10-15(12-25-23(18)33-2)17-8-9-30-21(27-17)11-20(29-30)28-19-5-3-4-16(26-19)13-24-22(31)14-6-7-14/h3-5,8-12,14H,6-7,13H2,1-2H3,(H,24,31)(H,26,28,29). The first-order valence-corrected chi connectivity index (χ1v) is 10.6. The maximum atomic E-state index is 11.9. The third-order valence-electron chi connectivity index (χ3n) is 5.31. The molecule has 4 aromatic rings. The van der Waals surface area contributed by atoms with Gasteiger partial charge in [0.2, 0.25) is 5.91 Å². The van der Waals surface area contributed by atoms with Crippen LogP contribution in [-0.4, -0.2) is 44.7 Å². The average Bonchev–Trinajstić information content (AvgIpc) is 3.62. The second kappa shape index (κ2) is 8.73. The van der Waals surface area contributed by atoms with E-state index in [9.17, 15) is 4.79 Å². The van der Waals surface area contributed by atoms with Gasteiger partial charge < -0.3 is 20.1 Å². The second-order valence-electron chi connectivity index (χ2n) is 7.71. The molecule has 0 spiro atoms. The minimum Gasteiger partial charge on any atom is -0.491 e. The van der Waals surface area contributed by atoms with Crippen molar-refractivity contribution in [3.8, 4) is 22.9 Å². The fourth-order valence-electron chi connectivity index (χ4n) is 3.42. The van der Waals surface area contributed by atoms with Crippen molar-refractivity contribution in [1.29, 1.82) is 0 Å². The van der Waals surface area contributed by atoms with E-state index in [1.807, 2.05) is 42.6 Å². The van der Waals surface area contributed by atoms with Crippen molar-refractivity contribution in [2.45, 2.75) is 19.4 Å². The van der Waals surface area contributed by atoms with Gasteiger partial charge >= 0.3 is 0 Å².